The molecular formula is C23H24F7NO3. The number of carbonyl (C=O) groups is 1. The third-order valence-electron chi connectivity index (χ3n) is 5.02. The number of carboxylic acid groups (broad SMARTS) is 1. The van der Waals surface area contributed by atoms with Crippen LogP contribution in [0.5, 0.6) is 0 Å². The first-order chi connectivity index (χ1) is 15.5. The van der Waals surface area contributed by atoms with Gasteiger partial charge in [-0.25, -0.2) is 9.18 Å². The van der Waals surface area contributed by atoms with Crippen molar-refractivity contribution in [2.75, 3.05) is 13.2 Å². The SMILES string of the molecule is CC(C)(C)N(CC(COCc1cc(C(F)(F)F)cc(C(F)(F)F)c1)c1ccc(F)cc1)C(=O)O. The largest absolute Gasteiger partial charge is 0.465 e. The van der Waals surface area contributed by atoms with Gasteiger partial charge in [0.15, 0.2) is 0 Å². The zero-order valence-corrected chi connectivity index (χ0v) is 18.6. The van der Waals surface area contributed by atoms with Crippen LogP contribution in [0.1, 0.15) is 48.9 Å². The Hall–Kier alpha value is -2.82. The summed E-state index contributed by atoms with van der Waals surface area (Å²) >= 11 is 0. The fraction of sp³-hybridized carbons (Fsp3) is 0.435. The number of amides is 1. The molecule has 0 fully saturated rings. The minimum absolute atomic E-state index is 0.0267. The Morgan fingerprint density at radius 2 is 1.44 bits per heavy atom. The lowest BCUT2D eigenvalue weighted by Crippen LogP contribution is -2.47. The molecule has 34 heavy (non-hydrogen) atoms. The average Bonchev–Trinajstić information content (AvgIpc) is 2.68. The Balaban J connectivity index is 2.28. The molecule has 0 aliphatic rings. The van der Waals surface area contributed by atoms with Crippen molar-refractivity contribution >= 4 is 6.09 Å². The number of hydrogen-bond donors (Lipinski definition) is 1. The molecule has 2 aromatic rings. The maximum atomic E-state index is 13.4. The Bertz CT molecular complexity index is 948. The summed E-state index contributed by atoms with van der Waals surface area (Å²) in [5.41, 5.74) is -3.57. The first-order valence-electron chi connectivity index (χ1n) is 10.1. The van der Waals surface area contributed by atoms with E-state index < -0.39 is 53.5 Å². The van der Waals surface area contributed by atoms with E-state index in [4.69, 9.17) is 4.74 Å². The Morgan fingerprint density at radius 3 is 1.85 bits per heavy atom. The van der Waals surface area contributed by atoms with Crippen molar-refractivity contribution in [1.29, 1.82) is 0 Å². The van der Waals surface area contributed by atoms with E-state index in [2.05, 4.69) is 0 Å². The van der Waals surface area contributed by atoms with E-state index >= 15 is 0 Å². The van der Waals surface area contributed by atoms with E-state index in [1.807, 2.05) is 0 Å². The maximum Gasteiger partial charge on any atom is 0.416 e. The number of benzene rings is 2. The van der Waals surface area contributed by atoms with Crippen molar-refractivity contribution in [3.8, 4) is 0 Å². The minimum Gasteiger partial charge on any atom is -0.465 e. The van der Waals surface area contributed by atoms with Crippen molar-refractivity contribution < 1.29 is 45.4 Å². The molecule has 0 aromatic heterocycles. The van der Waals surface area contributed by atoms with Gasteiger partial charge in [-0.1, -0.05) is 12.1 Å². The van der Waals surface area contributed by atoms with Gasteiger partial charge in [0.25, 0.3) is 0 Å². The van der Waals surface area contributed by atoms with Crippen molar-refractivity contribution in [2.24, 2.45) is 0 Å². The van der Waals surface area contributed by atoms with Gasteiger partial charge < -0.3 is 14.7 Å². The Morgan fingerprint density at radius 1 is 0.941 bits per heavy atom. The van der Waals surface area contributed by atoms with Crippen LogP contribution in [-0.2, 0) is 23.7 Å². The molecule has 4 nitrogen and oxygen atoms in total. The summed E-state index contributed by atoms with van der Waals surface area (Å²) in [4.78, 5) is 12.9. The highest BCUT2D eigenvalue weighted by atomic mass is 19.4. The van der Waals surface area contributed by atoms with Gasteiger partial charge in [0.1, 0.15) is 5.82 Å². The number of hydrogen-bond acceptors (Lipinski definition) is 2. The fourth-order valence-corrected chi connectivity index (χ4v) is 3.27. The zero-order chi connectivity index (χ0) is 25.9. The van der Waals surface area contributed by atoms with Crippen LogP contribution in [0, 0.1) is 5.82 Å². The number of nitrogens with zero attached hydrogens (tertiary/aromatic N) is 1. The summed E-state index contributed by atoms with van der Waals surface area (Å²) in [5, 5.41) is 9.58. The average molecular weight is 495 g/mol. The third-order valence-corrected chi connectivity index (χ3v) is 5.02. The minimum atomic E-state index is -4.98. The highest BCUT2D eigenvalue weighted by molar-refractivity contribution is 5.66. The lowest BCUT2D eigenvalue weighted by molar-refractivity contribution is -0.143. The smallest absolute Gasteiger partial charge is 0.416 e. The van der Waals surface area contributed by atoms with Crippen LogP contribution in [-0.4, -0.2) is 34.8 Å². The van der Waals surface area contributed by atoms with Crippen LogP contribution >= 0.6 is 0 Å². The molecule has 0 aliphatic carbocycles. The van der Waals surface area contributed by atoms with E-state index in [1.54, 1.807) is 20.8 Å². The number of ether oxygens (including phenoxy) is 1. The summed E-state index contributed by atoms with van der Waals surface area (Å²) in [7, 11) is 0. The van der Waals surface area contributed by atoms with E-state index in [9.17, 15) is 40.6 Å². The standard InChI is InChI=1S/C23H24F7NO3/c1-21(2,3)31(20(32)33)11-16(15-4-6-19(24)7-5-15)13-34-12-14-8-17(22(25,26)27)10-18(9-14)23(28,29)30/h4-10,16H,11-13H2,1-3H3,(H,32,33). The predicted octanol–water partition coefficient (Wildman–Crippen LogP) is 6.94. The second kappa shape index (κ2) is 10.2. The summed E-state index contributed by atoms with van der Waals surface area (Å²) in [6, 6.07) is 6.32. The Labute approximate surface area is 191 Å². The lowest BCUT2D eigenvalue weighted by Gasteiger charge is -2.36. The molecule has 1 N–H and O–H groups in total. The second-order valence-corrected chi connectivity index (χ2v) is 8.74. The summed E-state index contributed by atoms with van der Waals surface area (Å²) in [5.74, 6) is -1.19. The molecular weight excluding hydrogens is 471 g/mol. The first kappa shape index (κ1) is 27.4. The fourth-order valence-electron chi connectivity index (χ4n) is 3.27. The highest BCUT2D eigenvalue weighted by Gasteiger charge is 2.37. The molecule has 0 saturated heterocycles. The molecule has 0 heterocycles. The van der Waals surface area contributed by atoms with Gasteiger partial charge in [-0.15, -0.1) is 0 Å². The van der Waals surface area contributed by atoms with Crippen molar-refractivity contribution in [3.63, 3.8) is 0 Å². The number of rotatable bonds is 7. The van der Waals surface area contributed by atoms with Gasteiger partial charge >= 0.3 is 18.4 Å². The Kier molecular flexibility index (Phi) is 8.23. The van der Waals surface area contributed by atoms with Gasteiger partial charge in [-0.3, -0.25) is 0 Å². The summed E-state index contributed by atoms with van der Waals surface area (Å²) in [6.07, 6.45) is -11.2. The van der Waals surface area contributed by atoms with E-state index in [1.165, 1.54) is 12.1 Å². The van der Waals surface area contributed by atoms with Gasteiger partial charge in [0.05, 0.1) is 24.3 Å². The number of halogens is 7. The molecule has 11 heteroatoms. The lowest BCUT2D eigenvalue weighted by atomic mass is 9.96. The van der Waals surface area contributed by atoms with Crippen LogP contribution in [0.4, 0.5) is 35.5 Å². The molecule has 1 amide bonds. The topological polar surface area (TPSA) is 49.8 Å². The second-order valence-electron chi connectivity index (χ2n) is 8.74. The van der Waals surface area contributed by atoms with Gasteiger partial charge in [0.2, 0.25) is 0 Å². The summed E-state index contributed by atoms with van der Waals surface area (Å²) < 4.78 is 97.2. The van der Waals surface area contributed by atoms with Crippen molar-refractivity contribution in [1.82, 2.24) is 4.90 Å². The first-order valence-corrected chi connectivity index (χ1v) is 10.1. The third kappa shape index (κ3) is 7.61. The van der Waals surface area contributed by atoms with E-state index in [0.29, 0.717) is 17.7 Å². The van der Waals surface area contributed by atoms with Crippen LogP contribution < -0.4 is 0 Å². The molecule has 0 bridgehead atoms. The quantitative estimate of drug-likeness (QED) is 0.424. The molecule has 0 radical (unpaired) electrons. The highest BCUT2D eigenvalue weighted by Crippen LogP contribution is 2.36. The maximum absolute atomic E-state index is 13.4. The molecule has 0 aliphatic heterocycles. The normalized spacial score (nSPS) is 13.6. The zero-order valence-electron chi connectivity index (χ0n) is 18.6. The van der Waals surface area contributed by atoms with Crippen LogP contribution in [0.2, 0.25) is 0 Å². The molecule has 0 spiro atoms. The van der Waals surface area contributed by atoms with Gasteiger partial charge in [0, 0.05) is 18.0 Å². The number of alkyl halides is 6. The van der Waals surface area contributed by atoms with E-state index in [0.717, 1.165) is 17.0 Å². The van der Waals surface area contributed by atoms with Crippen LogP contribution in [0.15, 0.2) is 42.5 Å². The van der Waals surface area contributed by atoms with E-state index in [-0.39, 0.29) is 24.8 Å². The van der Waals surface area contributed by atoms with Crippen molar-refractivity contribution in [3.05, 3.63) is 70.5 Å². The van der Waals surface area contributed by atoms with Gasteiger partial charge in [-0.05, 0) is 62.2 Å². The van der Waals surface area contributed by atoms with Crippen LogP contribution in [0.25, 0.3) is 0 Å². The molecule has 2 rings (SSSR count). The molecule has 1 atom stereocenters. The molecule has 0 saturated carbocycles. The predicted molar refractivity (Wildman–Crippen MR) is 110 cm³/mol. The molecule has 1 unspecified atom stereocenters. The van der Waals surface area contributed by atoms with Gasteiger partial charge in [-0.2, -0.15) is 26.3 Å². The monoisotopic (exact) mass is 495 g/mol. The van der Waals surface area contributed by atoms with Crippen LogP contribution in [0.3, 0.4) is 0 Å². The van der Waals surface area contributed by atoms with Crippen molar-refractivity contribution in [2.45, 2.75) is 51.2 Å². The molecule has 2 aromatic carbocycles. The summed E-state index contributed by atoms with van der Waals surface area (Å²) in [6.45, 7) is 4.07. The molecule has 188 valence electrons.